The third kappa shape index (κ3) is 3.91. The third-order valence-electron chi connectivity index (χ3n) is 3.90. The molecule has 0 saturated heterocycles. The van der Waals surface area contributed by atoms with Gasteiger partial charge in [0.05, 0.1) is 12.5 Å². The normalized spacial score (nSPS) is 21.4. The van der Waals surface area contributed by atoms with Crippen LogP contribution in [0.1, 0.15) is 30.9 Å². The maximum absolute atomic E-state index is 12.8. The predicted octanol–water partition coefficient (Wildman–Crippen LogP) is 4.82. The van der Waals surface area contributed by atoms with Crippen LogP contribution >= 0.6 is 22.7 Å². The van der Waals surface area contributed by atoms with E-state index in [4.69, 9.17) is 4.74 Å². The van der Waals surface area contributed by atoms with Gasteiger partial charge in [-0.2, -0.15) is 22.7 Å². The fourth-order valence-corrected chi connectivity index (χ4v) is 4.02. The summed E-state index contributed by atoms with van der Waals surface area (Å²) in [5, 5.41) is 7.95. The molecule has 0 aliphatic heterocycles. The van der Waals surface area contributed by atoms with E-state index in [1.54, 1.807) is 29.6 Å². The van der Waals surface area contributed by atoms with Gasteiger partial charge in [0.15, 0.2) is 5.78 Å². The van der Waals surface area contributed by atoms with Gasteiger partial charge in [-0.3, -0.25) is 9.59 Å². The number of Topliss-reactive ketones (excluding diaryl/α,β-unsaturated/α-hetero) is 1. The van der Waals surface area contributed by atoms with Crippen LogP contribution in [0.2, 0.25) is 0 Å². The van der Waals surface area contributed by atoms with Crippen LogP contribution in [0.25, 0.3) is 12.2 Å². The second-order valence-corrected chi connectivity index (χ2v) is 7.20. The summed E-state index contributed by atoms with van der Waals surface area (Å²) in [7, 11) is 0. The molecule has 1 aliphatic rings. The highest BCUT2D eigenvalue weighted by atomic mass is 32.1. The molecular formula is C19H18O3S2. The molecule has 2 aromatic heterocycles. The van der Waals surface area contributed by atoms with Crippen molar-refractivity contribution >= 4 is 46.6 Å². The summed E-state index contributed by atoms with van der Waals surface area (Å²) in [6.45, 7) is 2.16. The lowest BCUT2D eigenvalue weighted by Crippen LogP contribution is -2.27. The number of hydrogen-bond donors (Lipinski definition) is 0. The molecule has 3 rings (SSSR count). The van der Waals surface area contributed by atoms with Gasteiger partial charge in [0.25, 0.3) is 0 Å². The molecule has 2 heterocycles. The summed E-state index contributed by atoms with van der Waals surface area (Å²) in [6, 6.07) is 3.95. The van der Waals surface area contributed by atoms with Gasteiger partial charge in [0, 0.05) is 11.1 Å². The van der Waals surface area contributed by atoms with Gasteiger partial charge < -0.3 is 4.74 Å². The van der Waals surface area contributed by atoms with Crippen molar-refractivity contribution in [2.24, 2.45) is 5.92 Å². The molecule has 2 aromatic rings. The number of thiophene rings is 2. The second-order valence-electron chi connectivity index (χ2n) is 5.64. The topological polar surface area (TPSA) is 43.4 Å². The van der Waals surface area contributed by atoms with Crippen molar-refractivity contribution in [2.45, 2.75) is 19.8 Å². The van der Waals surface area contributed by atoms with Crippen molar-refractivity contribution in [1.82, 2.24) is 0 Å². The molecule has 0 amide bonds. The summed E-state index contributed by atoms with van der Waals surface area (Å²) < 4.78 is 5.18. The monoisotopic (exact) mass is 358 g/mol. The Kier molecular flexibility index (Phi) is 5.43. The van der Waals surface area contributed by atoms with E-state index in [1.807, 2.05) is 45.8 Å². The maximum Gasteiger partial charge on any atom is 0.309 e. The first kappa shape index (κ1) is 16.9. The predicted molar refractivity (Wildman–Crippen MR) is 99.0 cm³/mol. The second kappa shape index (κ2) is 7.73. The molecule has 3 nitrogen and oxygen atoms in total. The van der Waals surface area contributed by atoms with Crippen molar-refractivity contribution in [3.05, 3.63) is 55.9 Å². The van der Waals surface area contributed by atoms with Crippen LogP contribution in [0.15, 0.2) is 44.8 Å². The van der Waals surface area contributed by atoms with Crippen LogP contribution in [0.3, 0.4) is 0 Å². The van der Waals surface area contributed by atoms with Gasteiger partial charge >= 0.3 is 5.97 Å². The molecule has 0 radical (unpaired) electrons. The first-order chi connectivity index (χ1) is 11.7. The Balaban J connectivity index is 1.93. The van der Waals surface area contributed by atoms with Gasteiger partial charge in [-0.1, -0.05) is 0 Å². The van der Waals surface area contributed by atoms with Crippen LogP contribution in [-0.2, 0) is 14.3 Å². The third-order valence-corrected chi connectivity index (χ3v) is 5.31. The van der Waals surface area contributed by atoms with Gasteiger partial charge in [-0.05, 0) is 76.7 Å². The molecule has 0 bridgehead atoms. The van der Waals surface area contributed by atoms with Crippen molar-refractivity contribution in [3.63, 3.8) is 0 Å². The zero-order valence-electron chi connectivity index (χ0n) is 13.4. The summed E-state index contributed by atoms with van der Waals surface area (Å²) in [5.74, 6) is -0.484. The van der Waals surface area contributed by atoms with E-state index in [9.17, 15) is 9.59 Å². The summed E-state index contributed by atoms with van der Waals surface area (Å²) in [4.78, 5) is 25.0. The fourth-order valence-electron chi connectivity index (χ4n) is 2.79. The number of esters is 1. The number of ether oxygens (including phenoxy) is 1. The Labute approximate surface area is 149 Å². The number of allylic oxidation sites excluding steroid dienone is 2. The number of hydrogen-bond acceptors (Lipinski definition) is 5. The summed E-state index contributed by atoms with van der Waals surface area (Å²) >= 11 is 3.18. The molecule has 1 saturated carbocycles. The molecule has 1 aliphatic carbocycles. The van der Waals surface area contributed by atoms with E-state index < -0.39 is 0 Å². The van der Waals surface area contributed by atoms with Crippen molar-refractivity contribution in [1.29, 1.82) is 0 Å². The molecule has 24 heavy (non-hydrogen) atoms. The smallest absolute Gasteiger partial charge is 0.309 e. The molecular weight excluding hydrogens is 340 g/mol. The van der Waals surface area contributed by atoms with Crippen LogP contribution in [0, 0.1) is 5.92 Å². The molecule has 0 unspecified atom stereocenters. The Hall–Kier alpha value is -1.98. The Morgan fingerprint density at radius 2 is 1.67 bits per heavy atom. The lowest BCUT2D eigenvalue weighted by Gasteiger charge is -2.24. The average molecular weight is 358 g/mol. The molecule has 0 spiro atoms. The first-order valence-corrected chi connectivity index (χ1v) is 9.72. The lowest BCUT2D eigenvalue weighted by atomic mass is 9.80. The molecule has 1 fully saturated rings. The van der Waals surface area contributed by atoms with Crippen LogP contribution in [-0.4, -0.2) is 18.4 Å². The van der Waals surface area contributed by atoms with E-state index in [0.29, 0.717) is 30.6 Å². The summed E-state index contributed by atoms with van der Waals surface area (Å²) in [6.07, 6.45) is 4.67. The zero-order chi connectivity index (χ0) is 16.9. The largest absolute Gasteiger partial charge is 0.466 e. The van der Waals surface area contributed by atoms with E-state index in [2.05, 4.69) is 0 Å². The van der Waals surface area contributed by atoms with E-state index in [-0.39, 0.29) is 17.7 Å². The molecule has 0 atom stereocenters. The fraction of sp³-hybridized carbons (Fsp3) is 0.263. The molecule has 5 heteroatoms. The molecule has 0 aromatic carbocycles. The number of carbonyl (C=O) groups is 2. The Bertz CT molecular complexity index is 711. The van der Waals surface area contributed by atoms with E-state index in [1.165, 1.54) is 0 Å². The minimum absolute atomic E-state index is 0.0351. The SMILES string of the molecule is CCOC(=O)C1CC(=Cc2ccsc2)C(=O)C(=Cc2ccsc2)C1. The van der Waals surface area contributed by atoms with Crippen molar-refractivity contribution in [2.75, 3.05) is 6.61 Å². The van der Waals surface area contributed by atoms with Crippen LogP contribution in [0.4, 0.5) is 0 Å². The highest BCUT2D eigenvalue weighted by molar-refractivity contribution is 7.08. The lowest BCUT2D eigenvalue weighted by molar-refractivity contribution is -0.148. The molecule has 0 N–H and O–H groups in total. The van der Waals surface area contributed by atoms with Crippen LogP contribution < -0.4 is 0 Å². The van der Waals surface area contributed by atoms with Gasteiger partial charge in [0.1, 0.15) is 0 Å². The van der Waals surface area contributed by atoms with E-state index >= 15 is 0 Å². The standard InChI is InChI=1S/C19H18O3S2/c1-2-22-19(21)17-9-15(7-13-3-5-23-11-13)18(20)16(10-17)8-14-4-6-24-12-14/h3-8,11-12,17H,2,9-10H2,1H3. The minimum Gasteiger partial charge on any atom is -0.466 e. The van der Waals surface area contributed by atoms with E-state index in [0.717, 1.165) is 11.1 Å². The Morgan fingerprint density at radius 3 is 2.08 bits per heavy atom. The van der Waals surface area contributed by atoms with Crippen molar-refractivity contribution in [3.8, 4) is 0 Å². The number of rotatable bonds is 4. The number of ketones is 1. The van der Waals surface area contributed by atoms with Gasteiger partial charge in [-0.15, -0.1) is 0 Å². The average Bonchev–Trinajstić information content (AvgIpc) is 3.25. The van der Waals surface area contributed by atoms with Crippen molar-refractivity contribution < 1.29 is 14.3 Å². The Morgan fingerprint density at radius 1 is 1.12 bits per heavy atom. The zero-order valence-corrected chi connectivity index (χ0v) is 15.0. The summed E-state index contributed by atoms with van der Waals surface area (Å²) in [5.41, 5.74) is 3.36. The minimum atomic E-state index is -0.294. The quantitative estimate of drug-likeness (QED) is 0.581. The molecule has 124 valence electrons. The maximum atomic E-state index is 12.8. The number of carbonyl (C=O) groups excluding carboxylic acids is 2. The first-order valence-electron chi connectivity index (χ1n) is 7.84. The highest BCUT2D eigenvalue weighted by Gasteiger charge is 2.32. The van der Waals surface area contributed by atoms with Gasteiger partial charge in [0.2, 0.25) is 0 Å². The van der Waals surface area contributed by atoms with Crippen LogP contribution in [0.5, 0.6) is 0 Å². The highest BCUT2D eigenvalue weighted by Crippen LogP contribution is 2.33. The van der Waals surface area contributed by atoms with Gasteiger partial charge in [-0.25, -0.2) is 0 Å².